The fourth-order valence-corrected chi connectivity index (χ4v) is 2.26. The van der Waals surface area contributed by atoms with Gasteiger partial charge in [-0.3, -0.25) is 4.79 Å². The number of hydrogen-bond donors (Lipinski definition) is 2. The highest BCUT2D eigenvalue weighted by Gasteiger charge is 2.24. The van der Waals surface area contributed by atoms with Crippen LogP contribution < -0.4 is 5.32 Å². The summed E-state index contributed by atoms with van der Waals surface area (Å²) in [7, 11) is 0. The average Bonchev–Trinajstić information content (AvgIpc) is 2.43. The van der Waals surface area contributed by atoms with Crippen LogP contribution in [0, 0.1) is 0 Å². The zero-order valence-electron chi connectivity index (χ0n) is 12.4. The van der Waals surface area contributed by atoms with E-state index in [9.17, 15) is 9.59 Å². The molecule has 0 aromatic rings. The van der Waals surface area contributed by atoms with Crippen LogP contribution in [0.15, 0.2) is 0 Å². The summed E-state index contributed by atoms with van der Waals surface area (Å²) in [4.78, 5) is 24.3. The first-order chi connectivity index (χ1) is 9.52. The lowest BCUT2D eigenvalue weighted by Crippen LogP contribution is -2.49. The van der Waals surface area contributed by atoms with Gasteiger partial charge in [0, 0.05) is 32.2 Å². The first-order valence-electron chi connectivity index (χ1n) is 7.41. The molecule has 0 aromatic heterocycles. The maximum absolute atomic E-state index is 12.1. The Hall–Kier alpha value is -1.30. The smallest absolute Gasteiger partial charge is 0.317 e. The number of aliphatic carboxylic acids is 1. The molecule has 2 unspecified atom stereocenters. The number of nitrogens with one attached hydrogen (secondary N) is 1. The number of carboxylic acids is 1. The van der Waals surface area contributed by atoms with E-state index in [2.05, 4.69) is 12.2 Å². The van der Waals surface area contributed by atoms with Crippen LogP contribution in [0.25, 0.3) is 0 Å². The third kappa shape index (κ3) is 6.23. The van der Waals surface area contributed by atoms with Gasteiger partial charge in [0.1, 0.15) is 0 Å². The fraction of sp³-hybridized carbons (Fsp3) is 0.857. The maximum atomic E-state index is 12.1. The van der Waals surface area contributed by atoms with E-state index in [0.29, 0.717) is 13.0 Å². The van der Waals surface area contributed by atoms with Crippen molar-refractivity contribution in [1.82, 2.24) is 10.2 Å². The van der Waals surface area contributed by atoms with E-state index < -0.39 is 5.97 Å². The van der Waals surface area contributed by atoms with Gasteiger partial charge in [-0.1, -0.05) is 6.92 Å². The Balaban J connectivity index is 2.32. The normalized spacial score (nSPS) is 20.5. The van der Waals surface area contributed by atoms with Crippen molar-refractivity contribution in [3.05, 3.63) is 0 Å². The Labute approximate surface area is 120 Å². The Morgan fingerprint density at radius 3 is 2.90 bits per heavy atom. The van der Waals surface area contributed by atoms with E-state index in [1.54, 1.807) is 4.90 Å². The van der Waals surface area contributed by atoms with Gasteiger partial charge in [-0.2, -0.15) is 0 Å². The van der Waals surface area contributed by atoms with Gasteiger partial charge in [-0.25, -0.2) is 4.79 Å². The predicted molar refractivity (Wildman–Crippen MR) is 75.7 cm³/mol. The van der Waals surface area contributed by atoms with Crippen LogP contribution in [0.2, 0.25) is 0 Å². The zero-order chi connectivity index (χ0) is 15.0. The highest BCUT2D eigenvalue weighted by molar-refractivity contribution is 5.74. The molecule has 1 saturated heterocycles. The third-order valence-corrected chi connectivity index (χ3v) is 3.38. The lowest BCUT2D eigenvalue weighted by atomic mass is 10.1. The van der Waals surface area contributed by atoms with Gasteiger partial charge in [-0.15, -0.1) is 0 Å². The Bertz CT molecular complexity index is 322. The molecule has 6 heteroatoms. The van der Waals surface area contributed by atoms with E-state index in [0.717, 1.165) is 32.4 Å². The summed E-state index contributed by atoms with van der Waals surface area (Å²) in [5, 5.41) is 11.5. The van der Waals surface area contributed by atoms with Crippen molar-refractivity contribution in [1.29, 1.82) is 0 Å². The topological polar surface area (TPSA) is 78.9 Å². The second-order valence-electron chi connectivity index (χ2n) is 5.36. The minimum Gasteiger partial charge on any atom is -0.481 e. The number of likely N-dealkylation sites (tertiary alicyclic amines) is 1. The predicted octanol–water partition coefficient (Wildman–Crippen LogP) is 1.84. The summed E-state index contributed by atoms with van der Waals surface area (Å²) in [6.45, 7) is 5.99. The third-order valence-electron chi connectivity index (χ3n) is 3.38. The standard InChI is InChI=1S/C14H26N2O4/c1-3-9-20-12-5-4-8-16(10-12)14(19)15-11(2)6-7-13(17)18/h11-12H,3-10H2,1-2H3,(H,15,19)(H,17,18). The average molecular weight is 286 g/mol. The number of nitrogens with zero attached hydrogens (tertiary/aromatic N) is 1. The number of carbonyl (C=O) groups excluding carboxylic acids is 1. The molecule has 0 bridgehead atoms. The van der Waals surface area contributed by atoms with Gasteiger partial charge in [-0.05, 0) is 32.6 Å². The molecule has 116 valence electrons. The lowest BCUT2D eigenvalue weighted by molar-refractivity contribution is -0.137. The molecule has 1 fully saturated rings. The monoisotopic (exact) mass is 286 g/mol. The molecule has 6 nitrogen and oxygen atoms in total. The molecule has 1 aliphatic heterocycles. The second-order valence-corrected chi connectivity index (χ2v) is 5.36. The molecule has 1 aliphatic rings. The molecule has 0 spiro atoms. The van der Waals surface area contributed by atoms with Crippen molar-refractivity contribution in [3.63, 3.8) is 0 Å². The van der Waals surface area contributed by atoms with Crippen molar-refractivity contribution in [2.24, 2.45) is 0 Å². The second kappa shape index (κ2) is 8.79. The van der Waals surface area contributed by atoms with Crippen LogP contribution in [0.5, 0.6) is 0 Å². The molecule has 2 N–H and O–H groups in total. The van der Waals surface area contributed by atoms with Gasteiger partial charge in [0.05, 0.1) is 6.10 Å². The Morgan fingerprint density at radius 1 is 1.50 bits per heavy atom. The lowest BCUT2D eigenvalue weighted by Gasteiger charge is -2.33. The summed E-state index contributed by atoms with van der Waals surface area (Å²) in [6.07, 6.45) is 3.58. The molecule has 2 atom stereocenters. The first-order valence-corrected chi connectivity index (χ1v) is 7.41. The van der Waals surface area contributed by atoms with Crippen LogP contribution in [-0.2, 0) is 9.53 Å². The zero-order valence-corrected chi connectivity index (χ0v) is 12.4. The number of piperidine rings is 1. The number of hydrogen-bond acceptors (Lipinski definition) is 3. The molecule has 0 aliphatic carbocycles. The summed E-state index contributed by atoms with van der Waals surface area (Å²) in [5.74, 6) is -0.836. The summed E-state index contributed by atoms with van der Waals surface area (Å²) < 4.78 is 5.70. The van der Waals surface area contributed by atoms with Gasteiger partial charge in [0.15, 0.2) is 0 Å². The van der Waals surface area contributed by atoms with E-state index in [1.165, 1.54) is 0 Å². The maximum Gasteiger partial charge on any atom is 0.317 e. The highest BCUT2D eigenvalue weighted by Crippen LogP contribution is 2.14. The SMILES string of the molecule is CCCOC1CCCN(C(=O)NC(C)CCC(=O)O)C1. The van der Waals surface area contributed by atoms with Crippen LogP contribution >= 0.6 is 0 Å². The molecular weight excluding hydrogens is 260 g/mol. The van der Waals surface area contributed by atoms with E-state index in [4.69, 9.17) is 9.84 Å². The molecule has 1 rings (SSSR count). The number of ether oxygens (including phenoxy) is 1. The molecule has 2 amide bonds. The molecule has 20 heavy (non-hydrogen) atoms. The summed E-state index contributed by atoms with van der Waals surface area (Å²) in [5.41, 5.74) is 0. The van der Waals surface area contributed by atoms with E-state index in [1.807, 2.05) is 6.92 Å². The van der Waals surface area contributed by atoms with Crippen LogP contribution in [0.3, 0.4) is 0 Å². The quantitative estimate of drug-likeness (QED) is 0.748. The van der Waals surface area contributed by atoms with Crippen molar-refractivity contribution in [2.75, 3.05) is 19.7 Å². The van der Waals surface area contributed by atoms with Crippen molar-refractivity contribution >= 4 is 12.0 Å². The van der Waals surface area contributed by atoms with Crippen LogP contribution in [-0.4, -0.2) is 53.8 Å². The van der Waals surface area contributed by atoms with Crippen molar-refractivity contribution < 1.29 is 19.4 Å². The molecule has 1 heterocycles. The summed E-state index contributed by atoms with van der Waals surface area (Å²) >= 11 is 0. The van der Waals surface area contributed by atoms with Gasteiger partial charge in [0.25, 0.3) is 0 Å². The van der Waals surface area contributed by atoms with Gasteiger partial charge < -0.3 is 20.1 Å². The number of carboxylic acid groups (broad SMARTS) is 1. The Kier molecular flexibility index (Phi) is 7.36. The van der Waals surface area contributed by atoms with E-state index >= 15 is 0 Å². The van der Waals surface area contributed by atoms with E-state index in [-0.39, 0.29) is 24.6 Å². The highest BCUT2D eigenvalue weighted by atomic mass is 16.5. The molecule has 0 radical (unpaired) electrons. The number of rotatable bonds is 7. The number of urea groups is 1. The number of amides is 2. The minimum absolute atomic E-state index is 0.0731. The van der Waals surface area contributed by atoms with Crippen molar-refractivity contribution in [2.45, 2.75) is 58.1 Å². The minimum atomic E-state index is -0.836. The van der Waals surface area contributed by atoms with Gasteiger partial charge in [0.2, 0.25) is 0 Å². The molecule has 0 saturated carbocycles. The van der Waals surface area contributed by atoms with Crippen LogP contribution in [0.4, 0.5) is 4.79 Å². The van der Waals surface area contributed by atoms with Gasteiger partial charge >= 0.3 is 12.0 Å². The summed E-state index contributed by atoms with van der Waals surface area (Å²) in [6, 6.07) is -0.247. The van der Waals surface area contributed by atoms with Crippen LogP contribution in [0.1, 0.15) is 46.0 Å². The molecule has 0 aromatic carbocycles. The largest absolute Gasteiger partial charge is 0.481 e. The first kappa shape index (κ1) is 16.8. The Morgan fingerprint density at radius 2 is 2.25 bits per heavy atom. The van der Waals surface area contributed by atoms with Crippen molar-refractivity contribution in [3.8, 4) is 0 Å². The fourth-order valence-electron chi connectivity index (χ4n) is 2.26. The molecular formula is C14H26N2O4. The number of carbonyl (C=O) groups is 2.